The number of hydrogen-bond acceptors (Lipinski definition) is 2. The first-order valence-electron chi connectivity index (χ1n) is 7.27. The van der Waals surface area contributed by atoms with Crippen LogP contribution in [0.2, 0.25) is 0 Å². The molecule has 0 aromatic heterocycles. The first-order chi connectivity index (χ1) is 10.1. The predicted octanol–water partition coefficient (Wildman–Crippen LogP) is 4.46. The zero-order valence-electron chi connectivity index (χ0n) is 13.0. The van der Waals surface area contributed by atoms with E-state index in [-0.39, 0.29) is 24.2 Å². The Balaban J connectivity index is 0.00000242. The molecular weight excluding hydrogens is 296 g/mol. The van der Waals surface area contributed by atoms with Crippen LogP contribution < -0.4 is 11.1 Å². The highest BCUT2D eigenvalue weighted by atomic mass is 35.5. The average Bonchev–Trinajstić information content (AvgIpc) is 2.48. The maximum Gasteiger partial charge on any atom is 0.225 e. The Morgan fingerprint density at radius 1 is 1.05 bits per heavy atom. The van der Waals surface area contributed by atoms with Gasteiger partial charge in [0.15, 0.2) is 0 Å². The highest BCUT2D eigenvalue weighted by molar-refractivity contribution is 5.94. The third-order valence-corrected chi connectivity index (χ3v) is 3.67. The molecule has 0 aliphatic heterocycles. The Bertz CT molecular complexity index is 599. The minimum absolute atomic E-state index is 0. The van der Waals surface area contributed by atoms with Crippen LogP contribution in [0.25, 0.3) is 0 Å². The summed E-state index contributed by atoms with van der Waals surface area (Å²) in [5.74, 6) is 0.595. The number of carbonyl (C=O) groups excluding carboxylic acids is 1. The smallest absolute Gasteiger partial charge is 0.225 e. The molecule has 0 heterocycles. The Hall–Kier alpha value is -2.00. The lowest BCUT2D eigenvalue weighted by Crippen LogP contribution is -2.19. The van der Waals surface area contributed by atoms with Gasteiger partial charge in [-0.05, 0) is 29.5 Å². The lowest BCUT2D eigenvalue weighted by molar-refractivity contribution is -0.116. The van der Waals surface area contributed by atoms with Crippen molar-refractivity contribution in [2.75, 3.05) is 11.1 Å². The van der Waals surface area contributed by atoms with Crippen LogP contribution in [-0.4, -0.2) is 5.91 Å². The number of nitrogens with one attached hydrogen (secondary N) is 1. The van der Waals surface area contributed by atoms with E-state index in [0.29, 0.717) is 23.7 Å². The summed E-state index contributed by atoms with van der Waals surface area (Å²) in [5, 5.41) is 2.90. The number of hydrogen-bond donors (Lipinski definition) is 2. The summed E-state index contributed by atoms with van der Waals surface area (Å²) in [6, 6.07) is 17.5. The number of benzene rings is 2. The van der Waals surface area contributed by atoms with Crippen molar-refractivity contribution in [3.8, 4) is 0 Å². The van der Waals surface area contributed by atoms with Crippen LogP contribution in [0.1, 0.15) is 31.7 Å². The summed E-state index contributed by atoms with van der Waals surface area (Å²) >= 11 is 0. The quantitative estimate of drug-likeness (QED) is 0.800. The fraction of sp³-hybridized carbons (Fsp3) is 0.278. The largest absolute Gasteiger partial charge is 0.397 e. The van der Waals surface area contributed by atoms with E-state index in [9.17, 15) is 4.79 Å². The number of halogens is 1. The molecule has 2 rings (SSSR count). The number of amides is 1. The zero-order valence-corrected chi connectivity index (χ0v) is 13.8. The highest BCUT2D eigenvalue weighted by Gasteiger charge is 2.19. The van der Waals surface area contributed by atoms with Crippen molar-refractivity contribution >= 4 is 29.7 Å². The molecule has 0 saturated heterocycles. The van der Waals surface area contributed by atoms with Crippen LogP contribution in [0.15, 0.2) is 54.6 Å². The molecule has 1 unspecified atom stereocenters. The third kappa shape index (κ3) is 4.78. The first-order valence-corrected chi connectivity index (χ1v) is 7.27. The molecule has 0 fully saturated rings. The van der Waals surface area contributed by atoms with Gasteiger partial charge in [-0.25, -0.2) is 0 Å². The molecule has 1 atom stereocenters. The van der Waals surface area contributed by atoms with E-state index in [1.54, 1.807) is 6.07 Å². The summed E-state index contributed by atoms with van der Waals surface area (Å²) < 4.78 is 0. The third-order valence-electron chi connectivity index (χ3n) is 3.67. The van der Waals surface area contributed by atoms with Crippen LogP contribution in [-0.2, 0) is 4.79 Å². The fourth-order valence-electron chi connectivity index (χ4n) is 2.45. The van der Waals surface area contributed by atoms with Gasteiger partial charge >= 0.3 is 0 Å². The van der Waals surface area contributed by atoms with E-state index in [2.05, 4.69) is 31.3 Å². The Kier molecular flexibility index (Phi) is 6.93. The lowest BCUT2D eigenvalue weighted by Gasteiger charge is -2.21. The summed E-state index contributed by atoms with van der Waals surface area (Å²) in [6.45, 7) is 4.28. The van der Waals surface area contributed by atoms with E-state index in [1.165, 1.54) is 5.56 Å². The van der Waals surface area contributed by atoms with Crippen molar-refractivity contribution in [1.29, 1.82) is 0 Å². The van der Waals surface area contributed by atoms with Crippen LogP contribution >= 0.6 is 12.4 Å². The van der Waals surface area contributed by atoms with Crippen LogP contribution in [0.4, 0.5) is 11.4 Å². The van der Waals surface area contributed by atoms with E-state index >= 15 is 0 Å². The summed E-state index contributed by atoms with van der Waals surface area (Å²) in [6.07, 6.45) is 0.454. The topological polar surface area (TPSA) is 55.1 Å². The molecular formula is C18H23ClN2O. The molecule has 0 aliphatic rings. The molecule has 0 radical (unpaired) electrons. The Morgan fingerprint density at radius 2 is 1.64 bits per heavy atom. The maximum absolute atomic E-state index is 12.3. The van der Waals surface area contributed by atoms with E-state index in [1.807, 2.05) is 36.4 Å². The van der Waals surface area contributed by atoms with Crippen molar-refractivity contribution in [1.82, 2.24) is 0 Å². The van der Waals surface area contributed by atoms with Gasteiger partial charge < -0.3 is 11.1 Å². The van der Waals surface area contributed by atoms with Gasteiger partial charge in [0.2, 0.25) is 5.91 Å². The minimum atomic E-state index is -0.00421. The van der Waals surface area contributed by atoms with E-state index in [4.69, 9.17) is 5.73 Å². The second-order valence-corrected chi connectivity index (χ2v) is 5.60. The van der Waals surface area contributed by atoms with Crippen molar-refractivity contribution < 1.29 is 4.79 Å². The Morgan fingerprint density at radius 3 is 2.23 bits per heavy atom. The number of nitrogen functional groups attached to an aromatic ring is 1. The van der Waals surface area contributed by atoms with Crippen molar-refractivity contribution in [3.63, 3.8) is 0 Å². The molecule has 3 nitrogen and oxygen atoms in total. The lowest BCUT2D eigenvalue weighted by atomic mass is 9.85. The minimum Gasteiger partial charge on any atom is -0.397 e. The molecule has 3 N–H and O–H groups in total. The molecule has 22 heavy (non-hydrogen) atoms. The number of anilines is 2. The molecule has 0 saturated carbocycles. The maximum atomic E-state index is 12.3. The molecule has 2 aromatic carbocycles. The molecule has 1 amide bonds. The molecule has 0 aliphatic carbocycles. The van der Waals surface area contributed by atoms with Crippen molar-refractivity contribution in [3.05, 3.63) is 60.2 Å². The second kappa shape index (κ2) is 8.44. The predicted molar refractivity (Wildman–Crippen MR) is 95.4 cm³/mol. The molecule has 118 valence electrons. The Labute approximate surface area is 138 Å². The van der Waals surface area contributed by atoms with Gasteiger partial charge in [-0.3, -0.25) is 4.79 Å². The van der Waals surface area contributed by atoms with Gasteiger partial charge in [0, 0.05) is 6.42 Å². The monoisotopic (exact) mass is 318 g/mol. The van der Waals surface area contributed by atoms with Crippen LogP contribution in [0.5, 0.6) is 0 Å². The average molecular weight is 319 g/mol. The van der Waals surface area contributed by atoms with Crippen molar-refractivity contribution in [2.45, 2.75) is 26.2 Å². The van der Waals surface area contributed by atoms with Gasteiger partial charge in [-0.2, -0.15) is 0 Å². The number of nitrogens with two attached hydrogens (primary N) is 1. The van der Waals surface area contributed by atoms with Crippen LogP contribution in [0, 0.1) is 5.92 Å². The fourth-order valence-corrected chi connectivity index (χ4v) is 2.45. The van der Waals surface area contributed by atoms with Gasteiger partial charge in [-0.15, -0.1) is 12.4 Å². The summed E-state index contributed by atoms with van der Waals surface area (Å²) in [4.78, 5) is 12.3. The normalized spacial score (nSPS) is 11.6. The number of para-hydroxylation sites is 2. The molecule has 2 aromatic rings. The first kappa shape index (κ1) is 18.1. The number of rotatable bonds is 5. The second-order valence-electron chi connectivity index (χ2n) is 5.60. The van der Waals surface area contributed by atoms with Gasteiger partial charge in [-0.1, -0.05) is 56.3 Å². The molecule has 0 spiro atoms. The van der Waals surface area contributed by atoms with Crippen molar-refractivity contribution in [2.24, 2.45) is 5.92 Å². The molecule has 0 bridgehead atoms. The van der Waals surface area contributed by atoms with E-state index < -0.39 is 0 Å². The molecule has 4 heteroatoms. The zero-order chi connectivity index (χ0) is 15.2. The number of carbonyl (C=O) groups is 1. The van der Waals surface area contributed by atoms with Crippen LogP contribution in [0.3, 0.4) is 0 Å². The summed E-state index contributed by atoms with van der Waals surface area (Å²) in [5.41, 5.74) is 8.32. The highest BCUT2D eigenvalue weighted by Crippen LogP contribution is 2.28. The van der Waals surface area contributed by atoms with Gasteiger partial charge in [0.05, 0.1) is 11.4 Å². The van der Waals surface area contributed by atoms with Gasteiger partial charge in [0.1, 0.15) is 0 Å². The van der Waals surface area contributed by atoms with E-state index in [0.717, 1.165) is 0 Å². The standard InChI is InChI=1S/C18H22N2O.ClH/c1-13(2)15(14-8-4-3-5-9-14)12-18(21)20-17-11-7-6-10-16(17)19;/h3-11,13,15H,12,19H2,1-2H3,(H,20,21);1H. The SMILES string of the molecule is CC(C)C(CC(=O)Nc1ccccc1N)c1ccccc1.Cl. The van der Waals surface area contributed by atoms with Gasteiger partial charge in [0.25, 0.3) is 0 Å². The summed E-state index contributed by atoms with van der Waals surface area (Å²) in [7, 11) is 0.